The first-order chi connectivity index (χ1) is 15.5. The molecule has 0 aliphatic carbocycles. The van der Waals surface area contributed by atoms with Crippen LogP contribution in [0.1, 0.15) is 12.1 Å². The Balaban J connectivity index is 1.46. The van der Waals surface area contributed by atoms with Gasteiger partial charge in [-0.1, -0.05) is 12.1 Å². The Bertz CT molecular complexity index is 1210. The Morgan fingerprint density at radius 3 is 2.56 bits per heavy atom. The van der Waals surface area contributed by atoms with Gasteiger partial charge in [0.05, 0.1) is 12.1 Å². The van der Waals surface area contributed by atoms with E-state index in [1.807, 2.05) is 24.3 Å². The van der Waals surface area contributed by atoms with Gasteiger partial charge in [0.15, 0.2) is 5.82 Å². The lowest BCUT2D eigenvalue weighted by atomic mass is 10.0. The number of rotatable bonds is 8. The van der Waals surface area contributed by atoms with E-state index in [0.29, 0.717) is 29.1 Å². The highest BCUT2D eigenvalue weighted by Gasteiger charge is 2.12. The number of nitrogens with one attached hydrogen (secondary N) is 1. The highest BCUT2D eigenvalue weighted by molar-refractivity contribution is 5.67. The minimum Gasteiger partial charge on any atom is -0.481 e. The zero-order chi connectivity index (χ0) is 22.5. The summed E-state index contributed by atoms with van der Waals surface area (Å²) in [5.74, 6) is -1.21. The van der Waals surface area contributed by atoms with Gasteiger partial charge in [-0.25, -0.2) is 9.37 Å². The predicted molar refractivity (Wildman–Crippen MR) is 115 cm³/mol. The Labute approximate surface area is 182 Å². The molecule has 0 bridgehead atoms. The van der Waals surface area contributed by atoms with Crippen molar-refractivity contribution in [2.24, 2.45) is 5.73 Å². The Morgan fingerprint density at radius 2 is 1.88 bits per heavy atom. The number of aromatic amines is 1. The van der Waals surface area contributed by atoms with Crippen LogP contribution in [0.2, 0.25) is 0 Å². The van der Waals surface area contributed by atoms with Crippen molar-refractivity contribution in [2.45, 2.75) is 18.9 Å². The first-order valence-electron chi connectivity index (χ1n) is 9.84. The molecule has 0 radical (unpaired) electrons. The third kappa shape index (κ3) is 5.13. The molecule has 0 saturated carbocycles. The summed E-state index contributed by atoms with van der Waals surface area (Å²) in [6.45, 7) is 0. The van der Waals surface area contributed by atoms with Crippen molar-refractivity contribution in [3.8, 4) is 34.0 Å². The van der Waals surface area contributed by atoms with E-state index >= 15 is 0 Å². The van der Waals surface area contributed by atoms with E-state index < -0.39 is 17.8 Å². The minimum atomic E-state index is -0.939. The van der Waals surface area contributed by atoms with Crippen LogP contribution >= 0.6 is 0 Å². The fraction of sp³-hybridized carbons (Fsp3) is 0.130. The standard InChI is InChI=1S/C23H20FN5O3/c24-20-10-16(21-6-8-28-29-21)13-27-23(20)32-19-3-1-14(2-4-19)15-5-7-26-18(9-15)11-17(25)12-22(30)31/h1-10,13,17H,11-12,25H2,(H,28,29)(H,30,31). The first kappa shape index (κ1) is 21.1. The molecule has 4 rings (SSSR count). The zero-order valence-electron chi connectivity index (χ0n) is 16.9. The number of carboxylic acids is 1. The predicted octanol–water partition coefficient (Wildman–Crippen LogP) is 3.81. The summed E-state index contributed by atoms with van der Waals surface area (Å²) < 4.78 is 20.0. The van der Waals surface area contributed by atoms with Crippen LogP contribution in [0.15, 0.2) is 67.1 Å². The van der Waals surface area contributed by atoms with Crippen LogP contribution in [-0.2, 0) is 11.2 Å². The van der Waals surface area contributed by atoms with Crippen molar-refractivity contribution < 1.29 is 19.0 Å². The normalized spacial score (nSPS) is 11.8. The number of H-pyrrole nitrogens is 1. The summed E-state index contributed by atoms with van der Waals surface area (Å²) in [4.78, 5) is 19.1. The van der Waals surface area contributed by atoms with E-state index in [4.69, 9.17) is 15.6 Å². The van der Waals surface area contributed by atoms with Gasteiger partial charge < -0.3 is 15.6 Å². The second-order valence-corrected chi connectivity index (χ2v) is 7.21. The lowest BCUT2D eigenvalue weighted by molar-refractivity contribution is -0.137. The van der Waals surface area contributed by atoms with E-state index in [-0.39, 0.29) is 12.3 Å². The van der Waals surface area contributed by atoms with E-state index in [9.17, 15) is 9.18 Å². The maximum atomic E-state index is 14.4. The second-order valence-electron chi connectivity index (χ2n) is 7.21. The zero-order valence-corrected chi connectivity index (χ0v) is 16.9. The molecule has 9 heteroatoms. The smallest absolute Gasteiger partial charge is 0.304 e. The summed E-state index contributed by atoms with van der Waals surface area (Å²) in [6, 6.07) is 13.4. The van der Waals surface area contributed by atoms with Gasteiger partial charge in [0, 0.05) is 42.3 Å². The third-order valence-electron chi connectivity index (χ3n) is 4.75. The molecule has 3 aromatic heterocycles. The average molecular weight is 433 g/mol. The number of aromatic nitrogens is 4. The quantitative estimate of drug-likeness (QED) is 0.386. The summed E-state index contributed by atoms with van der Waals surface area (Å²) in [6.07, 6.45) is 4.98. The fourth-order valence-corrected chi connectivity index (χ4v) is 3.23. The van der Waals surface area contributed by atoms with Crippen molar-refractivity contribution in [2.75, 3.05) is 0 Å². The fourth-order valence-electron chi connectivity index (χ4n) is 3.23. The van der Waals surface area contributed by atoms with Crippen LogP contribution in [0.25, 0.3) is 22.4 Å². The van der Waals surface area contributed by atoms with Gasteiger partial charge in [-0.15, -0.1) is 0 Å². The van der Waals surface area contributed by atoms with Crippen LogP contribution in [0.3, 0.4) is 0 Å². The largest absolute Gasteiger partial charge is 0.481 e. The van der Waals surface area contributed by atoms with Crippen LogP contribution in [0.4, 0.5) is 4.39 Å². The van der Waals surface area contributed by atoms with Crippen molar-refractivity contribution in [3.05, 3.63) is 78.6 Å². The van der Waals surface area contributed by atoms with Gasteiger partial charge >= 0.3 is 5.97 Å². The number of carbonyl (C=O) groups is 1. The summed E-state index contributed by atoms with van der Waals surface area (Å²) in [5.41, 5.74) is 9.60. The van der Waals surface area contributed by atoms with E-state index in [1.165, 1.54) is 12.3 Å². The van der Waals surface area contributed by atoms with Gasteiger partial charge in [0.25, 0.3) is 5.88 Å². The average Bonchev–Trinajstić information content (AvgIpc) is 3.30. The Hall–Kier alpha value is -4.11. The van der Waals surface area contributed by atoms with Crippen molar-refractivity contribution >= 4 is 5.97 Å². The van der Waals surface area contributed by atoms with E-state index in [2.05, 4.69) is 20.2 Å². The van der Waals surface area contributed by atoms with Gasteiger partial charge in [0.2, 0.25) is 0 Å². The molecule has 0 fully saturated rings. The van der Waals surface area contributed by atoms with Crippen LogP contribution in [-0.4, -0.2) is 37.3 Å². The number of ether oxygens (including phenoxy) is 1. The molecule has 8 nitrogen and oxygen atoms in total. The Kier molecular flexibility index (Phi) is 6.18. The third-order valence-corrected chi connectivity index (χ3v) is 4.75. The number of aliphatic carboxylic acids is 1. The van der Waals surface area contributed by atoms with Gasteiger partial charge in [0.1, 0.15) is 5.75 Å². The lowest BCUT2D eigenvalue weighted by Gasteiger charge is -2.10. The van der Waals surface area contributed by atoms with E-state index in [0.717, 1.165) is 11.1 Å². The molecule has 4 aromatic rings. The van der Waals surface area contributed by atoms with Crippen LogP contribution in [0, 0.1) is 5.82 Å². The van der Waals surface area contributed by atoms with Crippen LogP contribution < -0.4 is 10.5 Å². The second kappa shape index (κ2) is 9.36. The number of nitrogens with two attached hydrogens (primary N) is 1. The molecule has 1 aromatic carbocycles. The summed E-state index contributed by atoms with van der Waals surface area (Å²) in [7, 11) is 0. The summed E-state index contributed by atoms with van der Waals surface area (Å²) in [5, 5.41) is 15.5. The summed E-state index contributed by atoms with van der Waals surface area (Å²) >= 11 is 0. The molecule has 4 N–H and O–H groups in total. The topological polar surface area (TPSA) is 127 Å². The van der Waals surface area contributed by atoms with Gasteiger partial charge in [-0.2, -0.15) is 5.10 Å². The molecule has 0 aliphatic heterocycles. The van der Waals surface area contributed by atoms with Crippen molar-refractivity contribution in [1.29, 1.82) is 0 Å². The molecule has 0 amide bonds. The molecule has 0 spiro atoms. The molecule has 0 saturated heterocycles. The number of nitrogens with zero attached hydrogens (tertiary/aromatic N) is 3. The van der Waals surface area contributed by atoms with Gasteiger partial charge in [-0.3, -0.25) is 14.9 Å². The molecular weight excluding hydrogens is 413 g/mol. The molecular formula is C23H20FN5O3. The number of benzene rings is 1. The number of hydrogen-bond donors (Lipinski definition) is 3. The maximum absolute atomic E-state index is 14.4. The Morgan fingerprint density at radius 1 is 1.06 bits per heavy atom. The van der Waals surface area contributed by atoms with Crippen LogP contribution in [0.5, 0.6) is 11.6 Å². The number of pyridine rings is 2. The monoisotopic (exact) mass is 433 g/mol. The van der Waals surface area contributed by atoms with Gasteiger partial charge in [-0.05, 0) is 47.5 Å². The first-order valence-corrected chi connectivity index (χ1v) is 9.84. The highest BCUT2D eigenvalue weighted by Crippen LogP contribution is 2.28. The highest BCUT2D eigenvalue weighted by atomic mass is 19.1. The maximum Gasteiger partial charge on any atom is 0.304 e. The van der Waals surface area contributed by atoms with Crippen molar-refractivity contribution in [3.63, 3.8) is 0 Å². The van der Waals surface area contributed by atoms with Crippen molar-refractivity contribution in [1.82, 2.24) is 20.2 Å². The molecule has 1 atom stereocenters. The number of halogens is 1. The lowest BCUT2D eigenvalue weighted by Crippen LogP contribution is -2.26. The molecule has 1 unspecified atom stereocenters. The molecule has 162 valence electrons. The number of carboxylic acid groups (broad SMARTS) is 1. The van der Waals surface area contributed by atoms with E-state index in [1.54, 1.807) is 30.6 Å². The molecule has 32 heavy (non-hydrogen) atoms. The molecule has 0 aliphatic rings. The molecule has 3 heterocycles. The minimum absolute atomic E-state index is 0.120. The SMILES string of the molecule is NC(CC(=O)O)Cc1cc(-c2ccc(Oc3ncc(-c4ccn[nH]4)cc3F)cc2)ccn1. The number of hydrogen-bond acceptors (Lipinski definition) is 6.